The topological polar surface area (TPSA) is 116 Å². The maximum absolute atomic E-state index is 10.8. The lowest BCUT2D eigenvalue weighted by atomic mass is 10.0. The lowest BCUT2D eigenvalue weighted by Gasteiger charge is -2.26. The van der Waals surface area contributed by atoms with E-state index in [-0.39, 0.29) is 6.61 Å². The molecule has 13 heavy (non-hydrogen) atoms. The maximum Gasteiger partial charge on any atom is 0.373 e. The smallest absolute Gasteiger partial charge is 0.373 e. The third-order valence-electron chi connectivity index (χ3n) is 2.23. The summed E-state index contributed by atoms with van der Waals surface area (Å²) in [6, 6.07) is 0. The number of carbonyl (C=O) groups excluding carboxylic acids is 1. The molecule has 3 atom stereocenters. The first-order valence-electron chi connectivity index (χ1n) is 3.60. The fourth-order valence-electron chi connectivity index (χ4n) is 1.44. The number of rotatable bonds is 0. The monoisotopic (exact) mass is 192 g/mol. The summed E-state index contributed by atoms with van der Waals surface area (Å²) in [5.74, 6) is -7.11. The van der Waals surface area contributed by atoms with Gasteiger partial charge in [-0.15, -0.1) is 0 Å². The van der Waals surface area contributed by atoms with E-state index < -0.39 is 29.8 Å². The van der Waals surface area contributed by atoms with Crippen LogP contribution in [0.3, 0.4) is 0 Å². The Balaban J connectivity index is 2.41. The van der Waals surface area contributed by atoms with Gasteiger partial charge < -0.3 is 29.9 Å². The van der Waals surface area contributed by atoms with Crippen LogP contribution in [0, 0.1) is 0 Å². The lowest BCUT2D eigenvalue weighted by Crippen LogP contribution is -2.57. The minimum absolute atomic E-state index is 0.322. The normalized spacial score (nSPS) is 47.5. The van der Waals surface area contributed by atoms with Crippen molar-refractivity contribution < 1.29 is 34.7 Å². The van der Waals surface area contributed by atoms with Gasteiger partial charge in [0.2, 0.25) is 0 Å². The van der Waals surface area contributed by atoms with Crippen LogP contribution < -0.4 is 0 Å². The van der Waals surface area contributed by atoms with Gasteiger partial charge in [-0.2, -0.15) is 0 Å². The molecule has 0 bridgehead atoms. The molecule has 7 heteroatoms. The van der Waals surface area contributed by atoms with Crippen LogP contribution in [-0.2, 0) is 14.3 Å². The molecule has 0 aromatic rings. The quantitative estimate of drug-likeness (QED) is 0.234. The predicted octanol–water partition coefficient (Wildman–Crippen LogP) is -3.33. The number of aliphatic hydroxyl groups excluding tert-OH is 1. The van der Waals surface area contributed by atoms with Gasteiger partial charge in [-0.05, 0) is 0 Å². The summed E-state index contributed by atoms with van der Waals surface area (Å²) in [7, 11) is 0. The third kappa shape index (κ3) is 0.825. The van der Waals surface area contributed by atoms with Crippen LogP contribution in [0.25, 0.3) is 0 Å². The molecule has 2 heterocycles. The molecule has 0 aliphatic carbocycles. The van der Waals surface area contributed by atoms with Gasteiger partial charge >= 0.3 is 11.8 Å². The molecule has 74 valence electrons. The number of ether oxygens (including phenoxy) is 2. The van der Waals surface area contributed by atoms with Gasteiger partial charge in [0.25, 0.3) is 5.79 Å². The Morgan fingerprint density at radius 2 is 2.00 bits per heavy atom. The fraction of sp³-hybridized carbons (Fsp3) is 0.833. The van der Waals surface area contributed by atoms with Gasteiger partial charge in [-0.25, -0.2) is 4.79 Å². The standard InChI is InChI=1S/C6H8O7/c7-2-1-12-6(11)3(2)13-4(8)5(6,9)10/h2-3,7,9-11H,1H2/t2-,3+,6?/m0/s1. The summed E-state index contributed by atoms with van der Waals surface area (Å²) in [4.78, 5) is 10.8. The first kappa shape index (κ1) is 8.85. The number of esters is 1. The largest absolute Gasteiger partial charge is 0.449 e. The molecule has 1 unspecified atom stereocenters. The molecule has 0 spiro atoms. The molecule has 2 saturated heterocycles. The molecular formula is C6H8O7. The average Bonchev–Trinajstić information content (AvgIpc) is 2.40. The highest BCUT2D eigenvalue weighted by Gasteiger charge is 2.73. The molecule has 2 aliphatic heterocycles. The van der Waals surface area contributed by atoms with E-state index in [4.69, 9.17) is 15.3 Å². The summed E-state index contributed by atoms with van der Waals surface area (Å²) < 4.78 is 8.87. The Morgan fingerprint density at radius 1 is 1.38 bits per heavy atom. The molecule has 0 aromatic heterocycles. The van der Waals surface area contributed by atoms with Crippen molar-refractivity contribution in [2.24, 2.45) is 0 Å². The van der Waals surface area contributed by atoms with Crippen molar-refractivity contribution >= 4 is 5.97 Å². The van der Waals surface area contributed by atoms with E-state index in [9.17, 15) is 9.90 Å². The highest BCUT2D eigenvalue weighted by Crippen LogP contribution is 2.41. The van der Waals surface area contributed by atoms with E-state index in [2.05, 4.69) is 9.47 Å². The Morgan fingerprint density at radius 3 is 2.54 bits per heavy atom. The van der Waals surface area contributed by atoms with E-state index in [1.807, 2.05) is 0 Å². The predicted molar refractivity (Wildman–Crippen MR) is 34.0 cm³/mol. The van der Waals surface area contributed by atoms with Gasteiger partial charge in [0.1, 0.15) is 6.10 Å². The van der Waals surface area contributed by atoms with E-state index in [0.717, 1.165) is 0 Å². The molecule has 4 N–H and O–H groups in total. The summed E-state index contributed by atoms with van der Waals surface area (Å²) >= 11 is 0. The van der Waals surface area contributed by atoms with Gasteiger partial charge in [0.05, 0.1) is 6.61 Å². The second-order valence-electron chi connectivity index (χ2n) is 3.07. The highest BCUT2D eigenvalue weighted by atomic mass is 16.8. The average molecular weight is 192 g/mol. The van der Waals surface area contributed by atoms with E-state index >= 15 is 0 Å². The number of hydrogen-bond acceptors (Lipinski definition) is 7. The molecule has 2 aliphatic rings. The van der Waals surface area contributed by atoms with Gasteiger partial charge in [-0.3, -0.25) is 0 Å². The summed E-state index contributed by atoms with van der Waals surface area (Å²) in [5, 5.41) is 36.8. The SMILES string of the molecule is O=C1O[C@@H]2[C@@H](O)COC2(O)C1(O)O. The zero-order chi connectivity index (χ0) is 9.85. The number of hydrogen-bond donors (Lipinski definition) is 4. The number of carbonyl (C=O) groups is 1. The fourth-order valence-corrected chi connectivity index (χ4v) is 1.44. The van der Waals surface area contributed by atoms with E-state index in [1.165, 1.54) is 0 Å². The molecular weight excluding hydrogens is 184 g/mol. The van der Waals surface area contributed by atoms with Gasteiger partial charge in [0, 0.05) is 0 Å². The highest BCUT2D eigenvalue weighted by molar-refractivity contribution is 5.81. The first-order valence-corrected chi connectivity index (χ1v) is 3.60. The zero-order valence-corrected chi connectivity index (χ0v) is 6.38. The van der Waals surface area contributed by atoms with Crippen molar-refractivity contribution in [1.29, 1.82) is 0 Å². The van der Waals surface area contributed by atoms with Crippen molar-refractivity contribution in [3.63, 3.8) is 0 Å². The Kier molecular flexibility index (Phi) is 1.49. The summed E-state index contributed by atoms with van der Waals surface area (Å²) in [6.07, 6.45) is -2.70. The van der Waals surface area contributed by atoms with Crippen LogP contribution in [0.15, 0.2) is 0 Å². The molecule has 2 rings (SSSR count). The van der Waals surface area contributed by atoms with Crippen LogP contribution >= 0.6 is 0 Å². The minimum Gasteiger partial charge on any atom is -0.449 e. The Hall–Kier alpha value is -0.730. The van der Waals surface area contributed by atoms with Crippen LogP contribution in [-0.4, -0.2) is 56.8 Å². The van der Waals surface area contributed by atoms with Crippen molar-refractivity contribution in [1.82, 2.24) is 0 Å². The van der Waals surface area contributed by atoms with Crippen molar-refractivity contribution in [2.75, 3.05) is 6.61 Å². The second-order valence-corrected chi connectivity index (χ2v) is 3.07. The van der Waals surface area contributed by atoms with Crippen LogP contribution in [0.4, 0.5) is 0 Å². The first-order chi connectivity index (χ1) is 5.89. The van der Waals surface area contributed by atoms with Gasteiger partial charge in [0.15, 0.2) is 6.10 Å². The maximum atomic E-state index is 10.8. The van der Waals surface area contributed by atoms with Crippen LogP contribution in [0.2, 0.25) is 0 Å². The molecule has 0 amide bonds. The Labute approximate surface area is 72.1 Å². The molecule has 0 saturated carbocycles. The molecule has 7 nitrogen and oxygen atoms in total. The van der Waals surface area contributed by atoms with Crippen LogP contribution in [0.5, 0.6) is 0 Å². The van der Waals surface area contributed by atoms with Crippen LogP contribution in [0.1, 0.15) is 0 Å². The van der Waals surface area contributed by atoms with Crippen molar-refractivity contribution in [2.45, 2.75) is 23.8 Å². The number of aliphatic hydroxyl groups is 4. The minimum atomic E-state index is -3.12. The lowest BCUT2D eigenvalue weighted by molar-refractivity contribution is -0.329. The summed E-state index contributed by atoms with van der Waals surface area (Å²) in [6.45, 7) is -0.322. The summed E-state index contributed by atoms with van der Waals surface area (Å²) in [5.41, 5.74) is 0. The van der Waals surface area contributed by atoms with Crippen molar-refractivity contribution in [3.8, 4) is 0 Å². The molecule has 2 fully saturated rings. The van der Waals surface area contributed by atoms with E-state index in [1.54, 1.807) is 0 Å². The molecule has 0 radical (unpaired) electrons. The van der Waals surface area contributed by atoms with Crippen molar-refractivity contribution in [3.05, 3.63) is 0 Å². The van der Waals surface area contributed by atoms with E-state index in [0.29, 0.717) is 0 Å². The second kappa shape index (κ2) is 2.20. The number of fused-ring (bicyclic) bond motifs is 1. The Bertz CT molecular complexity index is 262. The third-order valence-corrected chi connectivity index (χ3v) is 2.23. The molecule has 0 aromatic carbocycles. The zero-order valence-electron chi connectivity index (χ0n) is 6.38. The van der Waals surface area contributed by atoms with Gasteiger partial charge in [-0.1, -0.05) is 0 Å².